The van der Waals surface area contributed by atoms with Gasteiger partial charge in [-0.05, 0) is 73.1 Å². The number of fused-ring (bicyclic) bond motifs is 1. The van der Waals surface area contributed by atoms with Gasteiger partial charge in [-0.25, -0.2) is 0 Å². The van der Waals surface area contributed by atoms with Gasteiger partial charge in [-0.15, -0.1) is 0 Å². The fraction of sp³-hybridized carbons (Fsp3) is 0.870. The molecule has 1 saturated carbocycles. The maximum atomic E-state index is 12.8. The van der Waals surface area contributed by atoms with Crippen LogP contribution in [0.3, 0.4) is 0 Å². The Kier molecular flexibility index (Phi) is 6.41. The number of allylic oxidation sites excluding steroid dienone is 1. The Morgan fingerprint density at radius 3 is 1.79 bits per heavy atom. The molecule has 0 aromatic heterocycles. The second-order valence-corrected chi connectivity index (χ2v) is 21.6. The van der Waals surface area contributed by atoms with Gasteiger partial charge < -0.3 is 8.85 Å². The summed E-state index contributed by atoms with van der Waals surface area (Å²) in [5.74, 6) is 0.743. The predicted molar refractivity (Wildman–Crippen MR) is 124 cm³/mol. The first kappa shape index (κ1) is 24.0. The molecule has 1 fully saturated rings. The molecule has 0 N–H and O–H groups in total. The minimum absolute atomic E-state index is 0.0642. The molecule has 0 saturated heterocycles. The van der Waals surface area contributed by atoms with Gasteiger partial charge in [-0.3, -0.25) is 4.79 Å². The smallest absolute Gasteiger partial charge is 0.193 e. The van der Waals surface area contributed by atoms with Crippen LogP contribution in [0.1, 0.15) is 68.2 Å². The maximum Gasteiger partial charge on any atom is 0.193 e. The quantitative estimate of drug-likeness (QED) is 0.470. The van der Waals surface area contributed by atoms with Crippen LogP contribution < -0.4 is 0 Å². The highest BCUT2D eigenvalue weighted by Crippen LogP contribution is 2.49. The van der Waals surface area contributed by atoms with Crippen LogP contribution in [0.15, 0.2) is 11.1 Å². The highest BCUT2D eigenvalue weighted by atomic mass is 28.4. The number of hydrogen-bond acceptors (Lipinski definition) is 3. The summed E-state index contributed by atoms with van der Waals surface area (Å²) >= 11 is 0. The van der Waals surface area contributed by atoms with Crippen LogP contribution in [-0.2, 0) is 13.6 Å². The van der Waals surface area contributed by atoms with Crippen LogP contribution in [0.5, 0.6) is 0 Å². The van der Waals surface area contributed by atoms with Crippen molar-refractivity contribution in [3.05, 3.63) is 11.1 Å². The molecule has 28 heavy (non-hydrogen) atoms. The van der Waals surface area contributed by atoms with Crippen molar-refractivity contribution in [1.82, 2.24) is 0 Å². The predicted octanol–water partition coefficient (Wildman–Crippen LogP) is 6.71. The molecular formula is C23H44O3Si2. The van der Waals surface area contributed by atoms with E-state index in [0.29, 0.717) is 11.7 Å². The van der Waals surface area contributed by atoms with Crippen LogP contribution in [-0.4, -0.2) is 34.6 Å². The maximum absolute atomic E-state index is 12.8. The van der Waals surface area contributed by atoms with Crippen LogP contribution in [0.25, 0.3) is 0 Å². The monoisotopic (exact) mass is 424 g/mol. The molecule has 162 valence electrons. The largest absolute Gasteiger partial charge is 0.411 e. The van der Waals surface area contributed by atoms with Crippen LogP contribution in [0.2, 0.25) is 36.3 Å². The lowest BCUT2D eigenvalue weighted by Gasteiger charge is -2.48. The van der Waals surface area contributed by atoms with Crippen molar-refractivity contribution in [1.29, 1.82) is 0 Å². The number of rotatable bonds is 4. The summed E-state index contributed by atoms with van der Waals surface area (Å²) in [7, 11) is -3.93. The van der Waals surface area contributed by atoms with Crippen molar-refractivity contribution in [2.75, 3.05) is 0 Å². The van der Waals surface area contributed by atoms with Crippen molar-refractivity contribution >= 4 is 22.4 Å². The van der Waals surface area contributed by atoms with Gasteiger partial charge >= 0.3 is 0 Å². The van der Waals surface area contributed by atoms with E-state index in [1.54, 1.807) is 0 Å². The minimum Gasteiger partial charge on any atom is -0.411 e. The fourth-order valence-electron chi connectivity index (χ4n) is 4.05. The molecule has 2 aliphatic carbocycles. The molecule has 0 amide bonds. The molecule has 0 bridgehead atoms. The van der Waals surface area contributed by atoms with Gasteiger partial charge in [0.05, 0.1) is 12.2 Å². The molecule has 3 nitrogen and oxygen atoms in total. The number of hydrogen-bond donors (Lipinski definition) is 0. The summed E-state index contributed by atoms with van der Waals surface area (Å²) < 4.78 is 14.0. The van der Waals surface area contributed by atoms with E-state index in [0.717, 1.165) is 18.4 Å². The van der Waals surface area contributed by atoms with Crippen molar-refractivity contribution in [2.45, 2.75) is 117 Å². The third kappa shape index (κ3) is 4.28. The number of carbonyl (C=O) groups excluding carboxylic acids is 1. The summed E-state index contributed by atoms with van der Waals surface area (Å²) in [6.45, 7) is 27.1. The standard InChI is InChI=1S/C23H44O3Si2/c1-15-17-13-14-18(25-27(9,10)22(3,4)5)21(19(17)16(2)20(15)24)26-28(11,12)23(6,7)8/h15,17-18,21H,13-14H2,1-12H3/t15-,17-,18-,21+/m0/s1. The lowest BCUT2D eigenvalue weighted by molar-refractivity contribution is -0.118. The Morgan fingerprint density at radius 1 is 0.857 bits per heavy atom. The second kappa shape index (κ2) is 7.47. The van der Waals surface area contributed by atoms with Gasteiger partial charge in [-0.2, -0.15) is 0 Å². The molecular weight excluding hydrogens is 380 g/mol. The lowest BCUT2D eigenvalue weighted by atomic mass is 9.78. The summed E-state index contributed by atoms with van der Waals surface area (Å²) in [6, 6.07) is 0. The first-order chi connectivity index (χ1) is 12.4. The Balaban J connectivity index is 2.47. The first-order valence-electron chi connectivity index (χ1n) is 11.0. The van der Waals surface area contributed by atoms with Crippen molar-refractivity contribution in [3.63, 3.8) is 0 Å². The van der Waals surface area contributed by atoms with Crippen LogP contribution in [0, 0.1) is 11.8 Å². The molecule has 0 heterocycles. The van der Waals surface area contributed by atoms with Gasteiger partial charge in [0.25, 0.3) is 0 Å². The van der Waals surface area contributed by atoms with E-state index < -0.39 is 16.6 Å². The van der Waals surface area contributed by atoms with E-state index in [1.807, 2.05) is 6.92 Å². The average molecular weight is 425 g/mol. The molecule has 0 aliphatic heterocycles. The van der Waals surface area contributed by atoms with Gasteiger partial charge in [0.1, 0.15) is 0 Å². The van der Waals surface area contributed by atoms with Crippen molar-refractivity contribution in [2.24, 2.45) is 11.8 Å². The molecule has 0 aromatic rings. The van der Waals surface area contributed by atoms with E-state index in [2.05, 4.69) is 74.7 Å². The average Bonchev–Trinajstić information content (AvgIpc) is 2.71. The molecule has 0 radical (unpaired) electrons. The number of ketones is 1. The van der Waals surface area contributed by atoms with Crippen molar-refractivity contribution < 1.29 is 13.6 Å². The SMILES string of the molecule is CC1=C2[C@@H](CC[C@H](O[Si](C)(C)C(C)(C)C)[C@H]2O[Si](C)(C)C(C)(C)C)[C@H](C)C1=O. The summed E-state index contributed by atoms with van der Waals surface area (Å²) in [5.41, 5.74) is 2.21. The number of Topliss-reactive ketones (excluding diaryl/α,β-unsaturated/α-hetero) is 1. The van der Waals surface area contributed by atoms with Gasteiger partial charge in [0, 0.05) is 5.92 Å². The molecule has 5 heteroatoms. The highest BCUT2D eigenvalue weighted by molar-refractivity contribution is 6.74. The molecule has 0 spiro atoms. The van der Waals surface area contributed by atoms with Gasteiger partial charge in [0.15, 0.2) is 22.4 Å². The van der Waals surface area contributed by atoms with E-state index in [9.17, 15) is 4.79 Å². The van der Waals surface area contributed by atoms with Gasteiger partial charge in [0.2, 0.25) is 0 Å². The fourth-order valence-corrected chi connectivity index (χ4v) is 6.67. The number of carbonyl (C=O) groups is 1. The molecule has 2 rings (SSSR count). The molecule has 2 aliphatic rings. The zero-order valence-corrected chi connectivity index (χ0v) is 22.4. The minimum atomic E-state index is -2.00. The van der Waals surface area contributed by atoms with Crippen LogP contribution >= 0.6 is 0 Å². The summed E-state index contributed by atoms with van der Waals surface area (Å²) in [5, 5.41) is 0.289. The topological polar surface area (TPSA) is 35.5 Å². The zero-order chi connectivity index (χ0) is 21.9. The summed E-state index contributed by atoms with van der Waals surface area (Å²) in [6.07, 6.45) is 2.03. The third-order valence-corrected chi connectivity index (χ3v) is 17.1. The van der Waals surface area contributed by atoms with Crippen LogP contribution in [0.4, 0.5) is 0 Å². The highest BCUT2D eigenvalue weighted by Gasteiger charge is 2.51. The second-order valence-electron chi connectivity index (χ2n) is 12.1. The molecule has 0 aromatic carbocycles. The Morgan fingerprint density at radius 2 is 1.32 bits per heavy atom. The van der Waals surface area contributed by atoms with E-state index in [-0.39, 0.29) is 28.2 Å². The first-order valence-corrected chi connectivity index (χ1v) is 16.8. The van der Waals surface area contributed by atoms with E-state index in [1.165, 1.54) is 5.57 Å². The Bertz CT molecular complexity index is 650. The van der Waals surface area contributed by atoms with E-state index >= 15 is 0 Å². The molecule has 4 atom stereocenters. The van der Waals surface area contributed by atoms with Crippen molar-refractivity contribution in [3.8, 4) is 0 Å². The van der Waals surface area contributed by atoms with Gasteiger partial charge in [-0.1, -0.05) is 48.5 Å². The third-order valence-electron chi connectivity index (χ3n) is 8.11. The molecule has 0 unspecified atom stereocenters. The lowest BCUT2D eigenvalue weighted by Crippen LogP contribution is -2.54. The Labute approximate surface area is 175 Å². The normalized spacial score (nSPS) is 30.1. The zero-order valence-electron chi connectivity index (χ0n) is 20.4. The Hall–Kier alpha value is -0.236. The summed E-state index contributed by atoms with van der Waals surface area (Å²) in [4.78, 5) is 12.8. The van der Waals surface area contributed by atoms with E-state index in [4.69, 9.17) is 8.85 Å².